The number of nitrogens with zero attached hydrogens (tertiary/aromatic N) is 2. The standard InChI is InChI=1S/C27H28N2S/c1-2-9-22(10-3-1)11-8-18-28-19-16-24(17-20-28)29-25-13-5-4-12-23(25)21-30-27-15-7-6-14-26(27)29/h1-15,24H,16-21H2/b11-8+. The third-order valence-electron chi connectivity index (χ3n) is 6.15. The summed E-state index contributed by atoms with van der Waals surface area (Å²) in [5.41, 5.74) is 5.52. The lowest BCUT2D eigenvalue weighted by molar-refractivity contribution is 0.233. The van der Waals surface area contributed by atoms with E-state index in [1.54, 1.807) is 0 Å². The molecule has 0 radical (unpaired) electrons. The van der Waals surface area contributed by atoms with Crippen molar-refractivity contribution in [2.45, 2.75) is 29.5 Å². The highest BCUT2D eigenvalue weighted by molar-refractivity contribution is 7.98. The van der Waals surface area contributed by atoms with Gasteiger partial charge in [0.15, 0.2) is 0 Å². The summed E-state index contributed by atoms with van der Waals surface area (Å²) in [6, 6.07) is 29.1. The Balaban J connectivity index is 1.31. The first-order valence-electron chi connectivity index (χ1n) is 10.9. The van der Waals surface area contributed by atoms with Gasteiger partial charge >= 0.3 is 0 Å². The lowest BCUT2D eigenvalue weighted by atomic mass is 10.00. The largest absolute Gasteiger partial charge is 0.337 e. The third-order valence-corrected chi connectivity index (χ3v) is 7.27. The second kappa shape index (κ2) is 9.11. The van der Waals surface area contributed by atoms with Crippen LogP contribution in [-0.4, -0.2) is 30.6 Å². The van der Waals surface area contributed by atoms with E-state index in [9.17, 15) is 0 Å². The van der Waals surface area contributed by atoms with Crippen molar-refractivity contribution in [2.24, 2.45) is 0 Å². The zero-order valence-electron chi connectivity index (χ0n) is 17.3. The van der Waals surface area contributed by atoms with Crippen molar-refractivity contribution in [3.05, 3.63) is 96.1 Å². The van der Waals surface area contributed by atoms with Gasteiger partial charge in [-0.1, -0.05) is 72.8 Å². The Kier molecular flexibility index (Phi) is 5.91. The number of benzene rings is 3. The average Bonchev–Trinajstić information content (AvgIpc) is 2.97. The number of rotatable bonds is 4. The molecule has 0 amide bonds. The Hall–Kier alpha value is -2.49. The number of piperidine rings is 1. The first-order valence-corrected chi connectivity index (χ1v) is 11.9. The maximum Gasteiger partial charge on any atom is 0.0551 e. The fourth-order valence-corrected chi connectivity index (χ4v) is 5.63. The predicted molar refractivity (Wildman–Crippen MR) is 130 cm³/mol. The molecule has 3 heteroatoms. The highest BCUT2D eigenvalue weighted by atomic mass is 32.2. The quantitative estimate of drug-likeness (QED) is 0.476. The fraction of sp³-hybridized carbons (Fsp3) is 0.259. The average molecular weight is 413 g/mol. The lowest BCUT2D eigenvalue weighted by Crippen LogP contribution is -2.43. The molecule has 0 saturated carbocycles. The number of para-hydroxylation sites is 2. The number of hydrogen-bond donors (Lipinski definition) is 0. The summed E-state index contributed by atoms with van der Waals surface area (Å²) < 4.78 is 0. The van der Waals surface area contributed by atoms with E-state index in [1.807, 2.05) is 11.8 Å². The summed E-state index contributed by atoms with van der Waals surface area (Å²) in [7, 11) is 0. The van der Waals surface area contributed by atoms with Crippen molar-refractivity contribution in [2.75, 3.05) is 24.5 Å². The molecule has 1 saturated heterocycles. The molecule has 3 aromatic rings. The molecule has 5 rings (SSSR count). The predicted octanol–water partition coefficient (Wildman–Crippen LogP) is 6.61. The molecule has 0 N–H and O–H groups in total. The van der Waals surface area contributed by atoms with Crippen LogP contribution in [0.2, 0.25) is 0 Å². The van der Waals surface area contributed by atoms with Crippen LogP contribution in [0.3, 0.4) is 0 Å². The minimum Gasteiger partial charge on any atom is -0.337 e. The Morgan fingerprint density at radius 1 is 0.800 bits per heavy atom. The van der Waals surface area contributed by atoms with E-state index in [4.69, 9.17) is 0 Å². The molecule has 0 aliphatic carbocycles. The summed E-state index contributed by atoms with van der Waals surface area (Å²) in [6.45, 7) is 3.33. The van der Waals surface area contributed by atoms with Gasteiger partial charge in [0.1, 0.15) is 0 Å². The van der Waals surface area contributed by atoms with Crippen LogP contribution in [0.25, 0.3) is 6.08 Å². The van der Waals surface area contributed by atoms with Gasteiger partial charge in [0.2, 0.25) is 0 Å². The van der Waals surface area contributed by atoms with E-state index >= 15 is 0 Å². The zero-order valence-corrected chi connectivity index (χ0v) is 18.1. The van der Waals surface area contributed by atoms with Crippen molar-refractivity contribution in [3.8, 4) is 0 Å². The third kappa shape index (κ3) is 4.19. The van der Waals surface area contributed by atoms with Gasteiger partial charge in [0, 0.05) is 42.0 Å². The lowest BCUT2D eigenvalue weighted by Gasteiger charge is -2.40. The van der Waals surface area contributed by atoms with Crippen LogP contribution < -0.4 is 4.90 Å². The monoisotopic (exact) mass is 412 g/mol. The number of thioether (sulfide) groups is 1. The minimum absolute atomic E-state index is 0.556. The fourth-order valence-electron chi connectivity index (χ4n) is 4.59. The van der Waals surface area contributed by atoms with E-state index in [0.29, 0.717) is 6.04 Å². The summed E-state index contributed by atoms with van der Waals surface area (Å²) >= 11 is 1.97. The normalized spacial score (nSPS) is 17.5. The van der Waals surface area contributed by atoms with Crippen molar-refractivity contribution in [1.29, 1.82) is 0 Å². The van der Waals surface area contributed by atoms with E-state index < -0.39 is 0 Å². The van der Waals surface area contributed by atoms with Crippen LogP contribution in [0.5, 0.6) is 0 Å². The summed E-state index contributed by atoms with van der Waals surface area (Å²) in [5.74, 6) is 1.05. The van der Waals surface area contributed by atoms with Gasteiger partial charge in [-0.25, -0.2) is 0 Å². The van der Waals surface area contributed by atoms with Crippen LogP contribution >= 0.6 is 11.8 Å². The number of fused-ring (bicyclic) bond motifs is 2. The molecule has 1 fully saturated rings. The van der Waals surface area contributed by atoms with E-state index in [0.717, 1.165) is 25.4 Å². The summed E-state index contributed by atoms with van der Waals surface area (Å²) in [4.78, 5) is 6.63. The molecule has 2 heterocycles. The van der Waals surface area contributed by atoms with Crippen LogP contribution in [-0.2, 0) is 5.75 Å². The van der Waals surface area contributed by atoms with Crippen LogP contribution in [0.4, 0.5) is 11.4 Å². The topological polar surface area (TPSA) is 6.48 Å². The van der Waals surface area contributed by atoms with Crippen LogP contribution in [0, 0.1) is 0 Å². The maximum atomic E-state index is 2.64. The molecule has 30 heavy (non-hydrogen) atoms. The highest BCUT2D eigenvalue weighted by Gasteiger charge is 2.29. The molecule has 0 bridgehead atoms. The molecule has 0 spiro atoms. The smallest absolute Gasteiger partial charge is 0.0551 e. The molecular weight excluding hydrogens is 384 g/mol. The van der Waals surface area contributed by atoms with Gasteiger partial charge in [-0.2, -0.15) is 0 Å². The minimum atomic E-state index is 0.556. The van der Waals surface area contributed by atoms with E-state index in [-0.39, 0.29) is 0 Å². The summed E-state index contributed by atoms with van der Waals surface area (Å²) in [5, 5.41) is 0. The highest BCUT2D eigenvalue weighted by Crippen LogP contribution is 2.44. The van der Waals surface area contributed by atoms with Crippen molar-refractivity contribution < 1.29 is 0 Å². The van der Waals surface area contributed by atoms with E-state index in [2.05, 4.69) is 101 Å². The molecular formula is C27H28N2S. The molecule has 0 unspecified atom stereocenters. The van der Waals surface area contributed by atoms with Gasteiger partial charge < -0.3 is 4.90 Å². The molecule has 2 aliphatic heterocycles. The van der Waals surface area contributed by atoms with Crippen LogP contribution in [0.1, 0.15) is 24.0 Å². The number of likely N-dealkylation sites (tertiary alicyclic amines) is 1. The van der Waals surface area contributed by atoms with Gasteiger partial charge in [0.25, 0.3) is 0 Å². The van der Waals surface area contributed by atoms with Crippen molar-refractivity contribution in [3.63, 3.8) is 0 Å². The SMILES string of the molecule is C(=C\c1ccccc1)/CN1CCC(N2c3ccccc3CSc3ccccc32)CC1. The molecule has 2 nitrogen and oxygen atoms in total. The van der Waals surface area contributed by atoms with Crippen molar-refractivity contribution in [1.82, 2.24) is 4.90 Å². The molecule has 152 valence electrons. The molecule has 3 aromatic carbocycles. The second-order valence-electron chi connectivity index (χ2n) is 8.10. The Morgan fingerprint density at radius 2 is 1.50 bits per heavy atom. The molecule has 0 aromatic heterocycles. The van der Waals surface area contributed by atoms with Gasteiger partial charge in [-0.15, -0.1) is 11.8 Å². The van der Waals surface area contributed by atoms with Crippen LogP contribution in [0.15, 0.2) is 89.8 Å². The Labute approximate surface area is 184 Å². The molecule has 0 atom stereocenters. The first-order chi connectivity index (χ1) is 14.9. The van der Waals surface area contributed by atoms with E-state index in [1.165, 1.54) is 40.2 Å². The van der Waals surface area contributed by atoms with Gasteiger partial charge in [0.05, 0.1) is 5.69 Å². The Bertz CT molecular complexity index is 959. The number of hydrogen-bond acceptors (Lipinski definition) is 3. The second-order valence-corrected chi connectivity index (χ2v) is 9.12. The van der Waals surface area contributed by atoms with Gasteiger partial charge in [-0.3, -0.25) is 4.90 Å². The summed E-state index contributed by atoms with van der Waals surface area (Å²) in [6.07, 6.45) is 6.95. The maximum absolute atomic E-state index is 2.64. The Morgan fingerprint density at radius 3 is 2.33 bits per heavy atom. The van der Waals surface area contributed by atoms with Gasteiger partial charge in [-0.05, 0) is 42.2 Å². The zero-order chi connectivity index (χ0) is 20.2. The molecule has 2 aliphatic rings. The van der Waals surface area contributed by atoms with Crippen molar-refractivity contribution >= 4 is 29.2 Å². The first kappa shape index (κ1) is 19.5. The number of anilines is 2.